The van der Waals surface area contributed by atoms with Crippen LogP contribution in [0.4, 0.5) is 8.78 Å². The van der Waals surface area contributed by atoms with Crippen LogP contribution in [0.25, 0.3) is 0 Å². The summed E-state index contributed by atoms with van der Waals surface area (Å²) >= 11 is 0. The average Bonchev–Trinajstić information content (AvgIpc) is 2.03. The molecule has 1 heterocycles. The lowest BCUT2D eigenvalue weighted by Gasteiger charge is -2.15. The highest BCUT2D eigenvalue weighted by atomic mass is 19.1. The molecular weight excluding hydrogens is 178 g/mol. The van der Waals surface area contributed by atoms with Crippen LogP contribution in [0.5, 0.6) is 0 Å². The molecule has 1 aromatic rings. The van der Waals surface area contributed by atoms with Gasteiger partial charge >= 0.3 is 0 Å². The first kappa shape index (κ1) is 10.0. The van der Waals surface area contributed by atoms with Gasteiger partial charge in [0, 0.05) is 5.56 Å². The van der Waals surface area contributed by atoms with E-state index < -0.39 is 23.8 Å². The number of hydrogen-bond acceptors (Lipinski definition) is 3. The zero-order chi connectivity index (χ0) is 10.0. The molecule has 3 N–H and O–H groups in total. The number of aromatic nitrogens is 1. The Kier molecular flexibility index (Phi) is 2.90. The van der Waals surface area contributed by atoms with Crippen LogP contribution in [0.3, 0.4) is 0 Å². The van der Waals surface area contributed by atoms with Crippen molar-refractivity contribution in [3.63, 3.8) is 0 Å². The Morgan fingerprint density at radius 2 is 1.85 bits per heavy atom. The second kappa shape index (κ2) is 3.76. The lowest BCUT2D eigenvalue weighted by Crippen LogP contribution is -2.25. The van der Waals surface area contributed by atoms with E-state index in [0.29, 0.717) is 0 Å². The molecule has 0 aromatic carbocycles. The predicted octanol–water partition coefficient (Wildman–Crippen LogP) is 0.740. The lowest BCUT2D eigenvalue weighted by atomic mass is 10.0. The van der Waals surface area contributed by atoms with E-state index in [4.69, 9.17) is 10.8 Å². The third kappa shape index (κ3) is 1.99. The summed E-state index contributed by atoms with van der Waals surface area (Å²) in [5, 5.41) is 9.04. The monoisotopic (exact) mass is 188 g/mol. The first-order chi connectivity index (χ1) is 6.04. The van der Waals surface area contributed by atoms with Gasteiger partial charge in [0.25, 0.3) is 0 Å². The first-order valence-electron chi connectivity index (χ1n) is 3.76. The molecule has 0 saturated carbocycles. The summed E-state index contributed by atoms with van der Waals surface area (Å²) < 4.78 is 25.9. The Balaban J connectivity index is 3.12. The summed E-state index contributed by atoms with van der Waals surface area (Å²) in [5.74, 6) is -1.68. The summed E-state index contributed by atoms with van der Waals surface area (Å²) in [6.45, 7) is 1.37. The van der Waals surface area contributed by atoms with Crippen LogP contribution in [-0.2, 0) is 0 Å². The van der Waals surface area contributed by atoms with E-state index in [1.54, 1.807) is 0 Å². The number of aliphatic hydroxyl groups excluding tert-OH is 1. The van der Waals surface area contributed by atoms with Gasteiger partial charge < -0.3 is 10.8 Å². The fourth-order valence-corrected chi connectivity index (χ4v) is 0.981. The van der Waals surface area contributed by atoms with Crippen molar-refractivity contribution < 1.29 is 13.9 Å². The topological polar surface area (TPSA) is 59.1 Å². The zero-order valence-electron chi connectivity index (χ0n) is 7.04. The number of halogens is 2. The molecule has 1 aromatic heterocycles. The summed E-state index contributed by atoms with van der Waals surface area (Å²) in [5.41, 5.74) is 5.05. The van der Waals surface area contributed by atoms with Crippen molar-refractivity contribution in [1.82, 2.24) is 4.98 Å². The minimum Gasteiger partial charge on any atom is -0.391 e. The number of pyridine rings is 1. The molecule has 0 saturated heterocycles. The van der Waals surface area contributed by atoms with Crippen molar-refractivity contribution >= 4 is 0 Å². The smallest absolute Gasteiger partial charge is 0.149 e. The van der Waals surface area contributed by atoms with Crippen molar-refractivity contribution in [2.45, 2.75) is 19.1 Å². The highest BCUT2D eigenvalue weighted by Gasteiger charge is 2.20. The SMILES string of the molecule is C[C@@H](O)[C@@H](N)c1c(F)cncc1F. The van der Waals surface area contributed by atoms with Gasteiger partial charge in [-0.05, 0) is 6.92 Å². The first-order valence-corrected chi connectivity index (χ1v) is 3.76. The molecule has 0 spiro atoms. The van der Waals surface area contributed by atoms with E-state index >= 15 is 0 Å². The number of aliphatic hydroxyl groups is 1. The Hall–Kier alpha value is -1.07. The molecule has 2 atom stereocenters. The third-order valence-electron chi connectivity index (χ3n) is 1.74. The fourth-order valence-electron chi connectivity index (χ4n) is 0.981. The molecule has 0 aliphatic carbocycles. The molecule has 0 aliphatic rings. The van der Waals surface area contributed by atoms with Gasteiger partial charge in [-0.15, -0.1) is 0 Å². The van der Waals surface area contributed by atoms with Crippen LogP contribution in [0.15, 0.2) is 12.4 Å². The average molecular weight is 188 g/mol. The van der Waals surface area contributed by atoms with Crippen LogP contribution < -0.4 is 5.73 Å². The van der Waals surface area contributed by atoms with E-state index in [2.05, 4.69) is 4.98 Å². The van der Waals surface area contributed by atoms with Gasteiger partial charge in [-0.25, -0.2) is 8.78 Å². The van der Waals surface area contributed by atoms with Crippen molar-refractivity contribution in [2.24, 2.45) is 5.73 Å². The number of nitrogens with zero attached hydrogens (tertiary/aromatic N) is 1. The molecule has 0 amide bonds. The Morgan fingerprint density at radius 3 is 2.23 bits per heavy atom. The largest absolute Gasteiger partial charge is 0.391 e. The zero-order valence-corrected chi connectivity index (χ0v) is 7.04. The van der Waals surface area contributed by atoms with Gasteiger partial charge in [0.1, 0.15) is 11.6 Å². The summed E-state index contributed by atoms with van der Waals surface area (Å²) in [6, 6.07) is -1.07. The van der Waals surface area contributed by atoms with Gasteiger partial charge in [-0.1, -0.05) is 0 Å². The molecule has 0 unspecified atom stereocenters. The molecule has 0 bridgehead atoms. The Labute approximate surface area is 74.2 Å². The van der Waals surface area contributed by atoms with Crippen molar-refractivity contribution in [1.29, 1.82) is 0 Å². The molecule has 1 rings (SSSR count). The third-order valence-corrected chi connectivity index (χ3v) is 1.74. The van der Waals surface area contributed by atoms with E-state index in [9.17, 15) is 8.78 Å². The molecule has 3 nitrogen and oxygen atoms in total. The van der Waals surface area contributed by atoms with Gasteiger partial charge in [0.15, 0.2) is 0 Å². The maximum absolute atomic E-state index is 13.0. The minimum atomic E-state index is -1.07. The van der Waals surface area contributed by atoms with Crippen LogP contribution in [0, 0.1) is 11.6 Å². The molecule has 5 heteroatoms. The van der Waals surface area contributed by atoms with Crippen LogP contribution >= 0.6 is 0 Å². The summed E-state index contributed by atoms with van der Waals surface area (Å²) in [6.07, 6.45) is 0.716. The fraction of sp³-hybridized carbons (Fsp3) is 0.375. The van der Waals surface area contributed by atoms with Crippen LogP contribution in [0.2, 0.25) is 0 Å². The molecule has 0 fully saturated rings. The Bertz CT molecular complexity index is 284. The maximum atomic E-state index is 13.0. The Morgan fingerprint density at radius 1 is 1.38 bits per heavy atom. The van der Waals surface area contributed by atoms with Gasteiger partial charge in [0.05, 0.1) is 24.5 Å². The molecule has 0 aliphatic heterocycles. The summed E-state index contributed by atoms with van der Waals surface area (Å²) in [4.78, 5) is 3.30. The molecule has 13 heavy (non-hydrogen) atoms. The van der Waals surface area contributed by atoms with E-state index in [-0.39, 0.29) is 5.56 Å². The maximum Gasteiger partial charge on any atom is 0.149 e. The molecular formula is C8H10F2N2O. The standard InChI is InChI=1S/C8H10F2N2O/c1-4(13)8(11)7-5(9)2-12-3-6(7)10/h2-4,8,13H,11H2,1H3/t4-,8-/m1/s1. The normalized spacial score (nSPS) is 15.5. The highest BCUT2D eigenvalue weighted by molar-refractivity contribution is 5.20. The van der Waals surface area contributed by atoms with E-state index in [1.807, 2.05) is 0 Å². The number of rotatable bonds is 2. The van der Waals surface area contributed by atoms with Crippen LogP contribution in [-0.4, -0.2) is 16.2 Å². The van der Waals surface area contributed by atoms with E-state index in [1.165, 1.54) is 6.92 Å². The number of nitrogens with two attached hydrogens (primary N) is 1. The predicted molar refractivity (Wildman–Crippen MR) is 42.8 cm³/mol. The number of hydrogen-bond donors (Lipinski definition) is 2. The van der Waals surface area contributed by atoms with Gasteiger partial charge in [0.2, 0.25) is 0 Å². The van der Waals surface area contributed by atoms with Crippen molar-refractivity contribution in [2.75, 3.05) is 0 Å². The second-order valence-electron chi connectivity index (χ2n) is 2.78. The molecule has 0 radical (unpaired) electrons. The second-order valence-corrected chi connectivity index (χ2v) is 2.78. The van der Waals surface area contributed by atoms with Crippen molar-refractivity contribution in [3.8, 4) is 0 Å². The van der Waals surface area contributed by atoms with Gasteiger partial charge in [-0.2, -0.15) is 0 Å². The molecule has 72 valence electrons. The highest BCUT2D eigenvalue weighted by Crippen LogP contribution is 2.19. The summed E-state index contributed by atoms with van der Waals surface area (Å²) in [7, 11) is 0. The van der Waals surface area contributed by atoms with E-state index in [0.717, 1.165) is 12.4 Å². The quantitative estimate of drug-likeness (QED) is 0.719. The van der Waals surface area contributed by atoms with Crippen molar-refractivity contribution in [3.05, 3.63) is 29.6 Å². The minimum absolute atomic E-state index is 0.329. The lowest BCUT2D eigenvalue weighted by molar-refractivity contribution is 0.160. The van der Waals surface area contributed by atoms with Crippen LogP contribution in [0.1, 0.15) is 18.5 Å². The van der Waals surface area contributed by atoms with Gasteiger partial charge in [-0.3, -0.25) is 4.98 Å².